The molecule has 0 aliphatic heterocycles. The van der Waals surface area contributed by atoms with Crippen molar-refractivity contribution in [1.29, 1.82) is 0 Å². The molecule has 90 valence electrons. The van der Waals surface area contributed by atoms with Crippen molar-refractivity contribution in [3.63, 3.8) is 0 Å². The molecule has 0 radical (unpaired) electrons. The van der Waals surface area contributed by atoms with Crippen molar-refractivity contribution < 1.29 is 9.13 Å². The van der Waals surface area contributed by atoms with Crippen molar-refractivity contribution in [1.82, 2.24) is 0 Å². The van der Waals surface area contributed by atoms with Crippen molar-refractivity contribution in [3.05, 3.63) is 28.0 Å². The molecule has 1 atom stereocenters. The Kier molecular flexibility index (Phi) is 4.41. The van der Waals surface area contributed by atoms with E-state index in [0.29, 0.717) is 10.2 Å². The van der Waals surface area contributed by atoms with E-state index in [1.807, 2.05) is 0 Å². The van der Waals surface area contributed by atoms with Crippen LogP contribution in [-0.2, 0) is 0 Å². The van der Waals surface area contributed by atoms with Crippen molar-refractivity contribution in [2.24, 2.45) is 5.41 Å². The first-order chi connectivity index (χ1) is 7.27. The first-order valence-corrected chi connectivity index (χ1v) is 6.65. The first kappa shape index (κ1) is 14.0. The van der Waals surface area contributed by atoms with E-state index in [1.54, 1.807) is 13.2 Å². The van der Waals surface area contributed by atoms with E-state index >= 15 is 0 Å². The molecule has 0 aliphatic rings. The number of halogens is 3. The summed E-state index contributed by atoms with van der Waals surface area (Å²) in [5.74, 6) is 0.256. The second kappa shape index (κ2) is 5.05. The molecule has 0 fully saturated rings. The highest BCUT2D eigenvalue weighted by atomic mass is 79.9. The van der Waals surface area contributed by atoms with Crippen LogP contribution < -0.4 is 4.74 Å². The number of alkyl halides is 1. The van der Waals surface area contributed by atoms with Crippen LogP contribution >= 0.6 is 31.9 Å². The van der Waals surface area contributed by atoms with Gasteiger partial charge in [0.05, 0.1) is 11.6 Å². The molecule has 4 heteroatoms. The topological polar surface area (TPSA) is 9.23 Å². The van der Waals surface area contributed by atoms with Crippen molar-refractivity contribution in [2.75, 3.05) is 7.11 Å². The molecule has 0 amide bonds. The van der Waals surface area contributed by atoms with E-state index in [9.17, 15) is 4.39 Å². The van der Waals surface area contributed by atoms with E-state index in [-0.39, 0.29) is 16.1 Å². The normalized spacial score (nSPS) is 13.7. The van der Waals surface area contributed by atoms with E-state index < -0.39 is 0 Å². The average Bonchev–Trinajstić information content (AvgIpc) is 2.19. The average molecular weight is 354 g/mol. The third-order valence-electron chi connectivity index (χ3n) is 2.31. The quantitative estimate of drug-likeness (QED) is 0.674. The summed E-state index contributed by atoms with van der Waals surface area (Å²) in [4.78, 5) is 0.104. The van der Waals surface area contributed by atoms with E-state index in [1.165, 1.54) is 6.07 Å². The number of hydrogen-bond donors (Lipinski definition) is 0. The summed E-state index contributed by atoms with van der Waals surface area (Å²) >= 11 is 6.83. The Morgan fingerprint density at radius 1 is 1.31 bits per heavy atom. The van der Waals surface area contributed by atoms with Crippen molar-refractivity contribution >= 4 is 31.9 Å². The molecule has 0 aromatic heterocycles. The molecule has 1 nitrogen and oxygen atoms in total. The van der Waals surface area contributed by atoms with E-state index in [0.717, 1.165) is 5.56 Å². The molecule has 16 heavy (non-hydrogen) atoms. The standard InChI is InChI=1S/C12H15Br2FO/c1-12(2,3)11(14)7-5-8(13)9(15)6-10(7)16-4/h5-6,11H,1-4H3. The van der Waals surface area contributed by atoms with Gasteiger partial charge in [-0.25, -0.2) is 4.39 Å². The summed E-state index contributed by atoms with van der Waals surface area (Å²) in [6.07, 6.45) is 0. The van der Waals surface area contributed by atoms with Crippen LogP contribution in [0.2, 0.25) is 0 Å². The lowest BCUT2D eigenvalue weighted by Crippen LogP contribution is -2.14. The van der Waals surface area contributed by atoms with Gasteiger partial charge in [0, 0.05) is 16.5 Å². The van der Waals surface area contributed by atoms with Gasteiger partial charge in [0.2, 0.25) is 0 Å². The SMILES string of the molecule is COc1cc(F)c(Br)cc1C(Br)C(C)(C)C. The molecule has 0 aliphatic carbocycles. The molecule has 1 aromatic carbocycles. The third kappa shape index (κ3) is 2.98. The highest BCUT2D eigenvalue weighted by molar-refractivity contribution is 9.10. The van der Waals surface area contributed by atoms with Gasteiger partial charge in [0.25, 0.3) is 0 Å². The Morgan fingerprint density at radius 2 is 1.88 bits per heavy atom. The van der Waals surface area contributed by atoms with Crippen molar-refractivity contribution in [2.45, 2.75) is 25.6 Å². The van der Waals surface area contributed by atoms with Crippen LogP contribution in [0.1, 0.15) is 31.2 Å². The largest absolute Gasteiger partial charge is 0.496 e. The zero-order chi connectivity index (χ0) is 12.5. The number of rotatable bonds is 2. The van der Waals surface area contributed by atoms with E-state index in [2.05, 4.69) is 52.6 Å². The summed E-state index contributed by atoms with van der Waals surface area (Å²) in [5.41, 5.74) is 0.980. The van der Waals surface area contributed by atoms with Gasteiger partial charge in [-0.05, 0) is 27.4 Å². The minimum absolute atomic E-state index is 0.0323. The Bertz CT molecular complexity index is 385. The van der Waals surface area contributed by atoms with Crippen LogP contribution in [0, 0.1) is 11.2 Å². The summed E-state index contributed by atoms with van der Waals surface area (Å²) < 4.78 is 19.0. The van der Waals surface area contributed by atoms with Crippen LogP contribution in [-0.4, -0.2) is 7.11 Å². The van der Waals surface area contributed by atoms with Gasteiger partial charge in [-0.15, -0.1) is 0 Å². The number of benzene rings is 1. The number of ether oxygens (including phenoxy) is 1. The fourth-order valence-corrected chi connectivity index (χ4v) is 2.10. The smallest absolute Gasteiger partial charge is 0.141 e. The summed E-state index contributed by atoms with van der Waals surface area (Å²) in [6.45, 7) is 6.34. The fourth-order valence-electron chi connectivity index (χ4n) is 1.39. The Morgan fingerprint density at radius 3 is 2.31 bits per heavy atom. The Hall–Kier alpha value is -0.0900. The van der Waals surface area contributed by atoms with Gasteiger partial charge >= 0.3 is 0 Å². The molecule has 0 saturated heterocycles. The fraction of sp³-hybridized carbons (Fsp3) is 0.500. The predicted octanol–water partition coefficient (Wildman–Crippen LogP) is 5.08. The van der Waals surface area contributed by atoms with Gasteiger partial charge in [-0.1, -0.05) is 36.7 Å². The maximum atomic E-state index is 13.4. The molecule has 0 saturated carbocycles. The molecular formula is C12H15Br2FO. The van der Waals surface area contributed by atoms with Crippen molar-refractivity contribution in [3.8, 4) is 5.75 Å². The molecule has 1 rings (SSSR count). The Labute approximate surface area is 113 Å². The number of hydrogen-bond acceptors (Lipinski definition) is 1. The second-order valence-corrected chi connectivity index (χ2v) is 6.51. The highest BCUT2D eigenvalue weighted by Gasteiger charge is 2.27. The van der Waals surface area contributed by atoms with Gasteiger partial charge in [0.1, 0.15) is 11.6 Å². The lowest BCUT2D eigenvalue weighted by Gasteiger charge is -2.27. The molecule has 0 heterocycles. The summed E-state index contributed by atoms with van der Waals surface area (Å²) in [6, 6.07) is 3.16. The maximum Gasteiger partial charge on any atom is 0.141 e. The molecule has 1 unspecified atom stereocenters. The summed E-state index contributed by atoms with van der Waals surface area (Å²) in [7, 11) is 1.55. The monoisotopic (exact) mass is 352 g/mol. The van der Waals surface area contributed by atoms with Gasteiger partial charge in [-0.2, -0.15) is 0 Å². The zero-order valence-electron chi connectivity index (χ0n) is 9.77. The van der Waals surface area contributed by atoms with Gasteiger partial charge < -0.3 is 4.74 Å². The molecule has 1 aromatic rings. The lowest BCUT2D eigenvalue weighted by atomic mass is 9.87. The molecule has 0 N–H and O–H groups in total. The van der Waals surface area contributed by atoms with Gasteiger partial charge in [-0.3, -0.25) is 0 Å². The van der Waals surface area contributed by atoms with Crippen LogP contribution in [0.4, 0.5) is 4.39 Å². The number of methoxy groups -OCH3 is 1. The van der Waals surface area contributed by atoms with Crippen LogP contribution in [0.25, 0.3) is 0 Å². The van der Waals surface area contributed by atoms with Crippen LogP contribution in [0.3, 0.4) is 0 Å². The second-order valence-electron chi connectivity index (χ2n) is 4.74. The lowest BCUT2D eigenvalue weighted by molar-refractivity contribution is 0.374. The van der Waals surface area contributed by atoms with Crippen LogP contribution in [0.15, 0.2) is 16.6 Å². The Balaban J connectivity index is 3.27. The zero-order valence-corrected chi connectivity index (χ0v) is 12.9. The minimum atomic E-state index is -0.311. The first-order valence-electron chi connectivity index (χ1n) is 4.94. The van der Waals surface area contributed by atoms with E-state index in [4.69, 9.17) is 4.74 Å². The molecular weight excluding hydrogens is 339 g/mol. The maximum absolute atomic E-state index is 13.4. The molecule has 0 spiro atoms. The predicted molar refractivity (Wildman–Crippen MR) is 71.8 cm³/mol. The van der Waals surface area contributed by atoms with Crippen LogP contribution in [0.5, 0.6) is 5.75 Å². The highest BCUT2D eigenvalue weighted by Crippen LogP contribution is 2.44. The molecule has 0 bridgehead atoms. The minimum Gasteiger partial charge on any atom is -0.496 e. The third-order valence-corrected chi connectivity index (χ3v) is 4.78. The summed E-state index contributed by atoms with van der Waals surface area (Å²) in [5, 5.41) is 0. The van der Waals surface area contributed by atoms with Gasteiger partial charge in [0.15, 0.2) is 0 Å².